The number of rotatable bonds is 5. The molecule has 2 aliphatic rings. The second-order valence-corrected chi connectivity index (χ2v) is 8.60. The van der Waals surface area contributed by atoms with Crippen LogP contribution in [-0.2, 0) is 15.1 Å². The standard InChI is InChI=1S/C23H28N2O5/c1-16-12-17(7-8-18(16)28-14-22(2,3)27)21(26)25-11-9-23(19-6-4-5-10-24-19)20(13-25)29-15-30-23/h4-8,10,12,20,27H,9,11,13-15H2,1-3H3. The van der Waals surface area contributed by atoms with Crippen LogP contribution in [0.2, 0.25) is 0 Å². The fourth-order valence-electron chi connectivity index (χ4n) is 4.02. The van der Waals surface area contributed by atoms with E-state index >= 15 is 0 Å². The highest BCUT2D eigenvalue weighted by Crippen LogP contribution is 2.41. The molecule has 1 amide bonds. The van der Waals surface area contributed by atoms with E-state index in [1.165, 1.54) is 0 Å². The third-order valence-electron chi connectivity index (χ3n) is 5.63. The van der Waals surface area contributed by atoms with E-state index in [9.17, 15) is 9.90 Å². The van der Waals surface area contributed by atoms with Crippen LogP contribution in [0.4, 0.5) is 0 Å². The summed E-state index contributed by atoms with van der Waals surface area (Å²) in [5, 5.41) is 9.85. The van der Waals surface area contributed by atoms with E-state index in [-0.39, 0.29) is 25.4 Å². The average Bonchev–Trinajstić information content (AvgIpc) is 3.16. The number of benzene rings is 1. The molecule has 0 bridgehead atoms. The summed E-state index contributed by atoms with van der Waals surface area (Å²) in [5.74, 6) is 0.617. The number of amides is 1. The van der Waals surface area contributed by atoms with Gasteiger partial charge < -0.3 is 24.2 Å². The zero-order valence-electron chi connectivity index (χ0n) is 17.6. The molecule has 0 radical (unpaired) electrons. The summed E-state index contributed by atoms with van der Waals surface area (Å²) in [6.07, 6.45) is 2.14. The van der Waals surface area contributed by atoms with Gasteiger partial charge in [-0.1, -0.05) is 6.07 Å². The Morgan fingerprint density at radius 1 is 1.37 bits per heavy atom. The van der Waals surface area contributed by atoms with Crippen LogP contribution in [0.25, 0.3) is 0 Å². The van der Waals surface area contributed by atoms with E-state index < -0.39 is 11.2 Å². The smallest absolute Gasteiger partial charge is 0.253 e. The summed E-state index contributed by atoms with van der Waals surface area (Å²) < 4.78 is 17.5. The molecule has 1 N–H and O–H groups in total. The maximum Gasteiger partial charge on any atom is 0.253 e. The van der Waals surface area contributed by atoms with Crippen LogP contribution >= 0.6 is 0 Å². The first-order valence-electron chi connectivity index (χ1n) is 10.2. The largest absolute Gasteiger partial charge is 0.490 e. The Hall–Kier alpha value is -2.48. The molecule has 2 atom stereocenters. The minimum absolute atomic E-state index is 0.0442. The van der Waals surface area contributed by atoms with E-state index in [0.717, 1.165) is 11.3 Å². The Labute approximate surface area is 176 Å². The number of ether oxygens (including phenoxy) is 3. The maximum atomic E-state index is 13.1. The summed E-state index contributed by atoms with van der Waals surface area (Å²) in [6, 6.07) is 11.1. The molecule has 7 nitrogen and oxygen atoms in total. The zero-order valence-corrected chi connectivity index (χ0v) is 17.6. The normalized spacial score (nSPS) is 23.9. The van der Waals surface area contributed by atoms with Gasteiger partial charge in [0.25, 0.3) is 5.91 Å². The van der Waals surface area contributed by atoms with Gasteiger partial charge in [-0.2, -0.15) is 0 Å². The van der Waals surface area contributed by atoms with Crippen LogP contribution in [0.3, 0.4) is 0 Å². The molecule has 0 spiro atoms. The van der Waals surface area contributed by atoms with E-state index in [1.54, 1.807) is 32.2 Å². The van der Waals surface area contributed by atoms with Gasteiger partial charge in [0.15, 0.2) is 0 Å². The summed E-state index contributed by atoms with van der Waals surface area (Å²) in [6.45, 7) is 6.67. The van der Waals surface area contributed by atoms with Crippen LogP contribution in [0.5, 0.6) is 5.75 Å². The molecule has 30 heavy (non-hydrogen) atoms. The number of carbonyl (C=O) groups is 1. The van der Waals surface area contributed by atoms with E-state index in [0.29, 0.717) is 30.8 Å². The van der Waals surface area contributed by atoms with Gasteiger partial charge in [-0.15, -0.1) is 0 Å². The minimum Gasteiger partial charge on any atom is -0.490 e. The van der Waals surface area contributed by atoms with E-state index in [4.69, 9.17) is 14.2 Å². The fourth-order valence-corrected chi connectivity index (χ4v) is 4.02. The lowest BCUT2D eigenvalue weighted by Crippen LogP contribution is -2.53. The molecule has 2 aromatic rings. The summed E-state index contributed by atoms with van der Waals surface area (Å²) in [4.78, 5) is 19.4. The molecule has 0 aliphatic carbocycles. The molecule has 160 valence electrons. The summed E-state index contributed by atoms with van der Waals surface area (Å²) >= 11 is 0. The van der Waals surface area contributed by atoms with Crippen LogP contribution in [0.1, 0.15) is 41.9 Å². The number of likely N-dealkylation sites (tertiary alicyclic amines) is 1. The van der Waals surface area contributed by atoms with E-state index in [2.05, 4.69) is 4.98 Å². The van der Waals surface area contributed by atoms with Crippen molar-refractivity contribution in [3.63, 3.8) is 0 Å². The first kappa shape index (κ1) is 20.8. The summed E-state index contributed by atoms with van der Waals surface area (Å²) in [5.41, 5.74) is 0.794. The number of aromatic nitrogens is 1. The van der Waals surface area contributed by atoms with Crippen molar-refractivity contribution >= 4 is 5.91 Å². The summed E-state index contributed by atoms with van der Waals surface area (Å²) in [7, 11) is 0. The molecular formula is C23H28N2O5. The lowest BCUT2D eigenvalue weighted by Gasteiger charge is -2.41. The van der Waals surface area contributed by atoms with Crippen LogP contribution < -0.4 is 4.74 Å². The fraction of sp³-hybridized carbons (Fsp3) is 0.478. The van der Waals surface area contributed by atoms with Gasteiger partial charge in [0.05, 0.1) is 17.8 Å². The Bertz CT molecular complexity index is 912. The number of pyridine rings is 1. The van der Waals surface area contributed by atoms with Gasteiger partial charge in [-0.25, -0.2) is 0 Å². The second-order valence-electron chi connectivity index (χ2n) is 8.60. The SMILES string of the molecule is Cc1cc(C(=O)N2CCC3(c4ccccn4)OCOC3C2)ccc1OCC(C)(C)O. The van der Waals surface area contributed by atoms with Crippen molar-refractivity contribution in [3.05, 3.63) is 59.4 Å². The van der Waals surface area contributed by atoms with E-state index in [1.807, 2.05) is 36.1 Å². The maximum absolute atomic E-state index is 13.1. The second kappa shape index (κ2) is 7.98. The number of nitrogens with zero attached hydrogens (tertiary/aromatic N) is 2. The van der Waals surface area contributed by atoms with Gasteiger partial charge >= 0.3 is 0 Å². The molecule has 3 heterocycles. The molecule has 0 saturated carbocycles. The highest BCUT2D eigenvalue weighted by molar-refractivity contribution is 5.94. The van der Waals surface area contributed by atoms with Gasteiger partial charge in [0, 0.05) is 24.7 Å². The highest BCUT2D eigenvalue weighted by atomic mass is 16.7. The predicted octanol–water partition coefficient (Wildman–Crippen LogP) is 2.65. The molecule has 2 fully saturated rings. The lowest BCUT2D eigenvalue weighted by molar-refractivity contribution is -0.0470. The number of hydrogen-bond acceptors (Lipinski definition) is 6. The number of aliphatic hydroxyl groups is 1. The Balaban J connectivity index is 1.47. The topological polar surface area (TPSA) is 81.1 Å². The molecule has 2 unspecified atom stereocenters. The van der Waals surface area contributed by atoms with Gasteiger partial charge in [-0.3, -0.25) is 9.78 Å². The van der Waals surface area contributed by atoms with Gasteiger partial charge in [-0.05, 0) is 56.7 Å². The predicted molar refractivity (Wildman–Crippen MR) is 110 cm³/mol. The van der Waals surface area contributed by atoms with Crippen LogP contribution in [0.15, 0.2) is 42.6 Å². The minimum atomic E-state index is -0.918. The zero-order chi connectivity index (χ0) is 21.4. The van der Waals surface area contributed by atoms with Gasteiger partial charge in [0.2, 0.25) is 0 Å². The number of carbonyl (C=O) groups excluding carboxylic acids is 1. The Morgan fingerprint density at radius 2 is 2.20 bits per heavy atom. The molecule has 2 aliphatic heterocycles. The third kappa shape index (κ3) is 4.05. The number of aryl methyl sites for hydroxylation is 1. The van der Waals surface area contributed by atoms with Crippen LogP contribution in [0, 0.1) is 6.92 Å². The number of fused-ring (bicyclic) bond motifs is 1. The number of piperidine rings is 1. The molecule has 2 saturated heterocycles. The molecule has 1 aromatic heterocycles. The Kier molecular flexibility index (Phi) is 5.53. The molecule has 7 heteroatoms. The first-order chi connectivity index (χ1) is 14.3. The molecule has 4 rings (SSSR count). The van der Waals surface area contributed by atoms with Crippen molar-refractivity contribution in [1.29, 1.82) is 0 Å². The number of hydrogen-bond donors (Lipinski definition) is 1. The van der Waals surface area contributed by atoms with Crippen molar-refractivity contribution in [2.45, 2.75) is 44.5 Å². The van der Waals surface area contributed by atoms with Crippen molar-refractivity contribution in [2.24, 2.45) is 0 Å². The van der Waals surface area contributed by atoms with Crippen LogP contribution in [-0.4, -0.2) is 59.1 Å². The third-order valence-corrected chi connectivity index (χ3v) is 5.63. The van der Waals surface area contributed by atoms with Crippen molar-refractivity contribution in [3.8, 4) is 5.75 Å². The van der Waals surface area contributed by atoms with Gasteiger partial charge in [0.1, 0.15) is 30.9 Å². The Morgan fingerprint density at radius 3 is 2.90 bits per heavy atom. The first-order valence-corrected chi connectivity index (χ1v) is 10.2. The van der Waals surface area contributed by atoms with Crippen molar-refractivity contribution < 1.29 is 24.1 Å². The lowest BCUT2D eigenvalue weighted by atomic mass is 9.85. The highest BCUT2D eigenvalue weighted by Gasteiger charge is 2.52. The quantitative estimate of drug-likeness (QED) is 0.813. The monoisotopic (exact) mass is 412 g/mol. The molecular weight excluding hydrogens is 384 g/mol. The molecule has 1 aromatic carbocycles. The van der Waals surface area contributed by atoms with Crippen molar-refractivity contribution in [2.75, 3.05) is 26.5 Å². The average molecular weight is 412 g/mol. The van der Waals surface area contributed by atoms with Crippen molar-refractivity contribution in [1.82, 2.24) is 9.88 Å².